The van der Waals surface area contributed by atoms with E-state index in [2.05, 4.69) is 51.3 Å². The van der Waals surface area contributed by atoms with Gasteiger partial charge in [-0.25, -0.2) is 4.99 Å². The van der Waals surface area contributed by atoms with E-state index in [1.54, 1.807) is 0 Å². The molecule has 2 aromatic rings. The van der Waals surface area contributed by atoms with Gasteiger partial charge in [-0.1, -0.05) is 54.6 Å². The summed E-state index contributed by atoms with van der Waals surface area (Å²) in [4.78, 5) is 16.3. The summed E-state index contributed by atoms with van der Waals surface area (Å²) in [5.74, 6) is 1.17. The van der Waals surface area contributed by atoms with Crippen molar-refractivity contribution in [1.29, 1.82) is 0 Å². The van der Waals surface area contributed by atoms with E-state index in [1.165, 1.54) is 5.56 Å². The highest BCUT2D eigenvalue weighted by Crippen LogP contribution is 2.28. The molecule has 0 radical (unpaired) electrons. The van der Waals surface area contributed by atoms with Gasteiger partial charge in [-0.2, -0.15) is 0 Å². The lowest BCUT2D eigenvalue weighted by molar-refractivity contribution is -0.122. The number of hydrogen-bond acceptors (Lipinski definition) is 3. The number of carbonyl (C=O) groups excluding carboxylic acids is 1. The van der Waals surface area contributed by atoms with E-state index in [1.807, 2.05) is 31.2 Å². The third-order valence-corrected chi connectivity index (χ3v) is 4.80. The van der Waals surface area contributed by atoms with E-state index >= 15 is 0 Å². The van der Waals surface area contributed by atoms with Gasteiger partial charge in [-0.3, -0.25) is 4.79 Å². The lowest BCUT2D eigenvalue weighted by atomic mass is 10.1. The van der Waals surface area contributed by atoms with Crippen LogP contribution in [0.25, 0.3) is 0 Å². The second-order valence-electron chi connectivity index (χ2n) is 7.49. The Balaban J connectivity index is 1.43. The Bertz CT molecular complexity index is 819. The number of ether oxygens (including phenoxy) is 1. The minimum absolute atomic E-state index is 0.171. The van der Waals surface area contributed by atoms with Crippen LogP contribution in [0.15, 0.2) is 59.6 Å². The summed E-state index contributed by atoms with van der Waals surface area (Å²) in [5, 5.41) is 9.47. The van der Waals surface area contributed by atoms with Crippen molar-refractivity contribution in [1.82, 2.24) is 16.0 Å². The molecule has 0 saturated heterocycles. The molecular weight excluding hydrogens is 376 g/mol. The van der Waals surface area contributed by atoms with Crippen LogP contribution in [0.2, 0.25) is 0 Å². The Morgan fingerprint density at radius 2 is 1.63 bits per heavy atom. The number of nitrogens with one attached hydrogen (secondary N) is 3. The third-order valence-electron chi connectivity index (χ3n) is 4.80. The van der Waals surface area contributed by atoms with Crippen LogP contribution in [-0.4, -0.2) is 31.5 Å². The fourth-order valence-electron chi connectivity index (χ4n) is 3.05. The zero-order valence-corrected chi connectivity index (χ0v) is 17.7. The molecule has 2 aromatic carbocycles. The van der Waals surface area contributed by atoms with Crippen molar-refractivity contribution in [2.45, 2.75) is 39.5 Å². The lowest BCUT2D eigenvalue weighted by Gasteiger charge is -2.12. The first-order chi connectivity index (χ1) is 14.7. The SMILES string of the molecule is CCNC(=NCc1cccc(COCc2ccccc2)c1)NCCNC(=O)C1CC1. The van der Waals surface area contributed by atoms with Gasteiger partial charge in [0.25, 0.3) is 0 Å². The summed E-state index contributed by atoms with van der Waals surface area (Å²) in [6.07, 6.45) is 2.05. The number of amides is 1. The van der Waals surface area contributed by atoms with Crippen LogP contribution in [-0.2, 0) is 29.3 Å². The molecule has 0 bridgehead atoms. The zero-order valence-electron chi connectivity index (χ0n) is 17.7. The molecule has 1 aliphatic rings. The molecule has 1 saturated carbocycles. The Morgan fingerprint density at radius 1 is 0.933 bits per heavy atom. The molecule has 6 heteroatoms. The largest absolute Gasteiger partial charge is 0.372 e. The quantitative estimate of drug-likeness (QED) is 0.304. The number of rotatable bonds is 11. The minimum Gasteiger partial charge on any atom is -0.372 e. The second-order valence-corrected chi connectivity index (χ2v) is 7.49. The molecule has 0 aromatic heterocycles. The summed E-state index contributed by atoms with van der Waals surface area (Å²) < 4.78 is 5.84. The molecule has 0 unspecified atom stereocenters. The van der Waals surface area contributed by atoms with Crippen molar-refractivity contribution in [3.63, 3.8) is 0 Å². The molecule has 0 aliphatic heterocycles. The van der Waals surface area contributed by atoms with Gasteiger partial charge < -0.3 is 20.7 Å². The maximum absolute atomic E-state index is 11.7. The number of carbonyl (C=O) groups is 1. The first-order valence-corrected chi connectivity index (χ1v) is 10.7. The Morgan fingerprint density at radius 3 is 2.40 bits per heavy atom. The monoisotopic (exact) mass is 408 g/mol. The van der Waals surface area contributed by atoms with E-state index < -0.39 is 0 Å². The average Bonchev–Trinajstić information content (AvgIpc) is 3.61. The van der Waals surface area contributed by atoms with Gasteiger partial charge in [0.2, 0.25) is 5.91 Å². The third kappa shape index (κ3) is 7.87. The molecule has 1 amide bonds. The van der Waals surface area contributed by atoms with Crippen LogP contribution in [0.5, 0.6) is 0 Å². The molecule has 30 heavy (non-hydrogen) atoms. The number of benzene rings is 2. The molecule has 1 aliphatic carbocycles. The summed E-state index contributed by atoms with van der Waals surface area (Å²) in [6, 6.07) is 18.5. The molecule has 3 N–H and O–H groups in total. The fourth-order valence-corrected chi connectivity index (χ4v) is 3.05. The summed E-state index contributed by atoms with van der Waals surface area (Å²) in [5.41, 5.74) is 3.45. The highest BCUT2D eigenvalue weighted by Gasteiger charge is 2.28. The topological polar surface area (TPSA) is 74.8 Å². The van der Waals surface area contributed by atoms with Gasteiger partial charge >= 0.3 is 0 Å². The molecule has 3 rings (SSSR count). The van der Waals surface area contributed by atoms with Crippen LogP contribution in [0, 0.1) is 5.92 Å². The molecule has 160 valence electrons. The zero-order chi connectivity index (χ0) is 21.0. The van der Waals surface area contributed by atoms with Crippen LogP contribution in [0.1, 0.15) is 36.5 Å². The van der Waals surface area contributed by atoms with Crippen LogP contribution >= 0.6 is 0 Å². The van der Waals surface area contributed by atoms with Gasteiger partial charge in [0.15, 0.2) is 5.96 Å². The van der Waals surface area contributed by atoms with Crippen molar-refractivity contribution in [3.05, 3.63) is 71.3 Å². The molecule has 1 fully saturated rings. The second kappa shape index (κ2) is 12.0. The van der Waals surface area contributed by atoms with Crippen molar-refractivity contribution in [2.24, 2.45) is 10.9 Å². The van der Waals surface area contributed by atoms with Crippen molar-refractivity contribution in [2.75, 3.05) is 19.6 Å². The number of nitrogens with zero attached hydrogens (tertiary/aromatic N) is 1. The minimum atomic E-state index is 0.171. The van der Waals surface area contributed by atoms with E-state index in [0.29, 0.717) is 32.8 Å². The summed E-state index contributed by atoms with van der Waals surface area (Å²) >= 11 is 0. The first kappa shape index (κ1) is 21.8. The average molecular weight is 409 g/mol. The molecule has 6 nitrogen and oxygen atoms in total. The molecule has 0 spiro atoms. The predicted molar refractivity (Wildman–Crippen MR) is 120 cm³/mol. The predicted octanol–water partition coefficient (Wildman–Crippen LogP) is 2.98. The van der Waals surface area contributed by atoms with E-state index in [9.17, 15) is 4.79 Å². The lowest BCUT2D eigenvalue weighted by Crippen LogP contribution is -2.41. The smallest absolute Gasteiger partial charge is 0.223 e. The number of guanidine groups is 1. The summed E-state index contributed by atoms with van der Waals surface area (Å²) in [6.45, 7) is 5.84. The standard InChI is InChI=1S/C24H32N4O2/c1-2-25-24(27-14-13-26-23(29)22-11-12-22)28-16-20-9-6-10-21(15-20)18-30-17-19-7-4-3-5-8-19/h3-10,15,22H,2,11-14,16-18H2,1H3,(H,26,29)(H2,25,27,28). The summed E-state index contributed by atoms with van der Waals surface area (Å²) in [7, 11) is 0. The van der Waals surface area contributed by atoms with Crippen LogP contribution < -0.4 is 16.0 Å². The Kier molecular flexibility index (Phi) is 8.72. The number of hydrogen-bond donors (Lipinski definition) is 3. The Labute approximate surface area is 179 Å². The van der Waals surface area contributed by atoms with Gasteiger partial charge in [-0.05, 0) is 36.5 Å². The first-order valence-electron chi connectivity index (χ1n) is 10.7. The van der Waals surface area contributed by atoms with E-state index in [0.717, 1.165) is 36.5 Å². The van der Waals surface area contributed by atoms with Crippen molar-refractivity contribution >= 4 is 11.9 Å². The molecule has 0 heterocycles. The van der Waals surface area contributed by atoms with E-state index in [4.69, 9.17) is 4.74 Å². The van der Waals surface area contributed by atoms with Gasteiger partial charge in [0.1, 0.15) is 0 Å². The highest BCUT2D eigenvalue weighted by atomic mass is 16.5. The number of aliphatic imine (C=N–C) groups is 1. The van der Waals surface area contributed by atoms with Gasteiger partial charge in [-0.15, -0.1) is 0 Å². The molecular formula is C24H32N4O2. The van der Waals surface area contributed by atoms with Gasteiger partial charge in [0.05, 0.1) is 19.8 Å². The van der Waals surface area contributed by atoms with Crippen LogP contribution in [0.3, 0.4) is 0 Å². The van der Waals surface area contributed by atoms with Crippen molar-refractivity contribution in [3.8, 4) is 0 Å². The fraction of sp³-hybridized carbons (Fsp3) is 0.417. The normalized spacial score (nSPS) is 13.7. The van der Waals surface area contributed by atoms with Crippen molar-refractivity contribution < 1.29 is 9.53 Å². The van der Waals surface area contributed by atoms with Crippen LogP contribution in [0.4, 0.5) is 0 Å². The Hall–Kier alpha value is -2.86. The maximum atomic E-state index is 11.7. The van der Waals surface area contributed by atoms with E-state index in [-0.39, 0.29) is 11.8 Å². The highest BCUT2D eigenvalue weighted by molar-refractivity contribution is 5.81. The van der Waals surface area contributed by atoms with Gasteiger partial charge in [0, 0.05) is 25.6 Å². The molecule has 0 atom stereocenters. The maximum Gasteiger partial charge on any atom is 0.223 e.